The van der Waals surface area contributed by atoms with E-state index in [2.05, 4.69) is 27.3 Å². The van der Waals surface area contributed by atoms with Gasteiger partial charge in [-0.1, -0.05) is 28.8 Å². The Hall–Kier alpha value is -1.05. The zero-order chi connectivity index (χ0) is 12.8. The van der Waals surface area contributed by atoms with Gasteiger partial charge in [-0.05, 0) is 31.0 Å². The molecule has 0 atom stereocenters. The zero-order valence-corrected chi connectivity index (χ0v) is 11.9. The van der Waals surface area contributed by atoms with E-state index < -0.39 is 0 Å². The third-order valence-electron chi connectivity index (χ3n) is 3.11. The summed E-state index contributed by atoms with van der Waals surface area (Å²) in [6.07, 6.45) is 5.47. The Labute approximate surface area is 116 Å². The highest BCUT2D eigenvalue weighted by molar-refractivity contribution is 9.10. The van der Waals surface area contributed by atoms with Crippen molar-refractivity contribution >= 4 is 21.6 Å². The number of ether oxygens (including phenoxy) is 1. The van der Waals surface area contributed by atoms with Crippen molar-refractivity contribution in [3.8, 4) is 6.07 Å². The number of halogens is 1. The first kappa shape index (κ1) is 13.4. The summed E-state index contributed by atoms with van der Waals surface area (Å²) in [5.41, 5.74) is 1.61. The van der Waals surface area contributed by atoms with Gasteiger partial charge in [-0.15, -0.1) is 0 Å². The monoisotopic (exact) mass is 308 g/mol. The van der Waals surface area contributed by atoms with E-state index in [1.807, 2.05) is 12.1 Å². The van der Waals surface area contributed by atoms with Crippen molar-refractivity contribution in [3.05, 3.63) is 28.2 Å². The smallest absolute Gasteiger partial charge is 0.0992 e. The maximum absolute atomic E-state index is 8.88. The minimum absolute atomic E-state index is 0.462. The number of anilines is 1. The summed E-state index contributed by atoms with van der Waals surface area (Å²) < 4.78 is 6.69. The van der Waals surface area contributed by atoms with Crippen LogP contribution in [-0.4, -0.2) is 19.3 Å². The molecule has 96 valence electrons. The van der Waals surface area contributed by atoms with Crippen molar-refractivity contribution in [2.75, 3.05) is 18.5 Å². The molecule has 1 aromatic carbocycles. The summed E-state index contributed by atoms with van der Waals surface area (Å²) in [7, 11) is 0. The van der Waals surface area contributed by atoms with E-state index in [0.717, 1.165) is 23.3 Å². The maximum atomic E-state index is 8.88. The maximum Gasteiger partial charge on any atom is 0.0992 e. The lowest BCUT2D eigenvalue weighted by atomic mass is 10.2. The molecule has 0 saturated heterocycles. The second-order valence-electron chi connectivity index (χ2n) is 4.54. The summed E-state index contributed by atoms with van der Waals surface area (Å²) in [6.45, 7) is 1.50. The Bertz CT molecular complexity index is 436. The average molecular weight is 309 g/mol. The molecule has 1 N–H and O–H groups in total. The van der Waals surface area contributed by atoms with Crippen LogP contribution in [0.15, 0.2) is 22.7 Å². The fraction of sp³-hybridized carbons (Fsp3) is 0.500. The fourth-order valence-corrected chi connectivity index (χ4v) is 2.73. The van der Waals surface area contributed by atoms with Gasteiger partial charge < -0.3 is 10.1 Å². The van der Waals surface area contributed by atoms with Crippen LogP contribution in [0, 0.1) is 11.3 Å². The van der Waals surface area contributed by atoms with E-state index in [4.69, 9.17) is 10.00 Å². The molecule has 0 radical (unpaired) electrons. The molecular weight excluding hydrogens is 292 g/mol. The topological polar surface area (TPSA) is 45.0 Å². The minimum Gasteiger partial charge on any atom is -0.383 e. The van der Waals surface area contributed by atoms with E-state index in [1.165, 1.54) is 25.7 Å². The van der Waals surface area contributed by atoms with E-state index in [0.29, 0.717) is 11.7 Å². The van der Waals surface area contributed by atoms with E-state index in [-0.39, 0.29) is 0 Å². The van der Waals surface area contributed by atoms with Gasteiger partial charge in [0.1, 0.15) is 0 Å². The first-order valence-electron chi connectivity index (χ1n) is 6.34. The standard InChI is InChI=1S/C14H17BrN2O/c15-12-7-11(10-16)8-13(9-12)17-5-6-18-14-3-1-2-4-14/h7-9,14,17H,1-6H2. The molecule has 0 heterocycles. The Balaban J connectivity index is 1.75. The molecule has 0 bridgehead atoms. The van der Waals surface area contributed by atoms with Crippen molar-refractivity contribution in [1.82, 2.24) is 0 Å². The van der Waals surface area contributed by atoms with Crippen LogP contribution in [0.5, 0.6) is 0 Å². The average Bonchev–Trinajstić information content (AvgIpc) is 2.87. The number of hydrogen-bond acceptors (Lipinski definition) is 3. The molecule has 0 amide bonds. The first-order valence-corrected chi connectivity index (χ1v) is 7.13. The second-order valence-corrected chi connectivity index (χ2v) is 5.46. The van der Waals surface area contributed by atoms with Crippen LogP contribution in [0.1, 0.15) is 31.2 Å². The fourth-order valence-electron chi connectivity index (χ4n) is 2.23. The predicted octanol–water partition coefficient (Wildman–Crippen LogP) is 3.69. The summed E-state index contributed by atoms with van der Waals surface area (Å²) >= 11 is 3.39. The lowest BCUT2D eigenvalue weighted by Crippen LogP contribution is -2.15. The number of nitrogens with one attached hydrogen (secondary N) is 1. The largest absolute Gasteiger partial charge is 0.383 e. The Morgan fingerprint density at radius 3 is 2.83 bits per heavy atom. The van der Waals surface area contributed by atoms with Crippen LogP contribution in [0.2, 0.25) is 0 Å². The molecule has 0 aromatic heterocycles. The highest BCUT2D eigenvalue weighted by Crippen LogP contribution is 2.21. The quantitative estimate of drug-likeness (QED) is 0.844. The van der Waals surface area contributed by atoms with Gasteiger partial charge in [0.25, 0.3) is 0 Å². The van der Waals surface area contributed by atoms with Crippen LogP contribution < -0.4 is 5.32 Å². The van der Waals surface area contributed by atoms with Gasteiger partial charge in [0.2, 0.25) is 0 Å². The highest BCUT2D eigenvalue weighted by atomic mass is 79.9. The molecule has 1 aromatic rings. The summed E-state index contributed by atoms with van der Waals surface area (Å²) in [5.74, 6) is 0. The van der Waals surface area contributed by atoms with Crippen LogP contribution in [-0.2, 0) is 4.74 Å². The summed E-state index contributed by atoms with van der Waals surface area (Å²) in [5, 5.41) is 12.2. The number of nitriles is 1. The minimum atomic E-state index is 0.462. The molecule has 0 spiro atoms. The first-order chi connectivity index (χ1) is 8.78. The number of rotatable bonds is 5. The molecule has 0 unspecified atom stereocenters. The highest BCUT2D eigenvalue weighted by Gasteiger charge is 2.14. The van der Waals surface area contributed by atoms with E-state index in [9.17, 15) is 0 Å². The van der Waals surface area contributed by atoms with Crippen LogP contribution in [0.25, 0.3) is 0 Å². The molecule has 0 aliphatic heterocycles. The Morgan fingerprint density at radius 2 is 2.11 bits per heavy atom. The number of benzene rings is 1. The van der Waals surface area contributed by atoms with Gasteiger partial charge >= 0.3 is 0 Å². The van der Waals surface area contributed by atoms with Crippen LogP contribution >= 0.6 is 15.9 Å². The van der Waals surface area contributed by atoms with Crippen molar-refractivity contribution < 1.29 is 4.74 Å². The van der Waals surface area contributed by atoms with Gasteiger partial charge in [0.15, 0.2) is 0 Å². The van der Waals surface area contributed by atoms with E-state index >= 15 is 0 Å². The summed E-state index contributed by atoms with van der Waals surface area (Å²) in [6, 6.07) is 7.76. The van der Waals surface area contributed by atoms with Crippen molar-refractivity contribution in [2.45, 2.75) is 31.8 Å². The van der Waals surface area contributed by atoms with E-state index in [1.54, 1.807) is 6.07 Å². The number of nitrogens with zero attached hydrogens (tertiary/aromatic N) is 1. The molecule has 1 aliphatic carbocycles. The second kappa shape index (κ2) is 6.77. The van der Waals surface area contributed by atoms with Gasteiger partial charge in [0, 0.05) is 16.7 Å². The van der Waals surface area contributed by atoms with Crippen molar-refractivity contribution in [2.24, 2.45) is 0 Å². The molecule has 1 fully saturated rings. The third-order valence-corrected chi connectivity index (χ3v) is 3.57. The van der Waals surface area contributed by atoms with Gasteiger partial charge in [-0.2, -0.15) is 5.26 Å². The van der Waals surface area contributed by atoms with Crippen molar-refractivity contribution in [1.29, 1.82) is 5.26 Å². The summed E-state index contributed by atoms with van der Waals surface area (Å²) in [4.78, 5) is 0. The van der Waals surface area contributed by atoms with Crippen LogP contribution in [0.3, 0.4) is 0 Å². The van der Waals surface area contributed by atoms with Gasteiger partial charge in [0.05, 0.1) is 24.3 Å². The van der Waals surface area contributed by atoms with Crippen LogP contribution in [0.4, 0.5) is 5.69 Å². The molecule has 3 nitrogen and oxygen atoms in total. The Kier molecular flexibility index (Phi) is 5.03. The molecule has 1 saturated carbocycles. The zero-order valence-electron chi connectivity index (χ0n) is 10.3. The lowest BCUT2D eigenvalue weighted by molar-refractivity contribution is 0.0659. The molecule has 2 rings (SSSR count). The van der Waals surface area contributed by atoms with Crippen molar-refractivity contribution in [3.63, 3.8) is 0 Å². The predicted molar refractivity (Wildman–Crippen MR) is 75.6 cm³/mol. The molecule has 1 aliphatic rings. The third kappa shape index (κ3) is 4.01. The Morgan fingerprint density at radius 1 is 1.33 bits per heavy atom. The molecule has 18 heavy (non-hydrogen) atoms. The van der Waals surface area contributed by atoms with Gasteiger partial charge in [-0.3, -0.25) is 0 Å². The SMILES string of the molecule is N#Cc1cc(Br)cc(NCCOC2CCCC2)c1. The normalized spacial score (nSPS) is 15.6. The molecule has 4 heteroatoms. The lowest BCUT2D eigenvalue weighted by Gasteiger charge is -2.12. The molecular formula is C14H17BrN2O. The number of hydrogen-bond donors (Lipinski definition) is 1. The van der Waals surface area contributed by atoms with Gasteiger partial charge in [-0.25, -0.2) is 0 Å².